The molecule has 1 aromatic heterocycles. The number of furan rings is 1. The molecule has 0 radical (unpaired) electrons. The second-order valence-corrected chi connectivity index (χ2v) is 5.57. The molecule has 0 atom stereocenters. The summed E-state index contributed by atoms with van der Waals surface area (Å²) in [5, 5.41) is 0. The molecule has 0 aliphatic carbocycles. The Bertz CT molecular complexity index is 832. The van der Waals surface area contributed by atoms with E-state index in [1.54, 1.807) is 20.1 Å². The van der Waals surface area contributed by atoms with E-state index in [9.17, 15) is 4.79 Å². The summed E-state index contributed by atoms with van der Waals surface area (Å²) in [5.74, 6) is 1.70. The van der Waals surface area contributed by atoms with Crippen LogP contribution in [0.15, 0.2) is 65.1 Å². The van der Waals surface area contributed by atoms with Crippen molar-refractivity contribution in [3.05, 3.63) is 77.6 Å². The number of ether oxygens (including phenoxy) is 2. The van der Waals surface area contributed by atoms with Crippen LogP contribution in [0.25, 0.3) is 11.3 Å². The van der Waals surface area contributed by atoms with Crippen LogP contribution in [-0.4, -0.2) is 19.7 Å². The molecule has 2 aromatic carbocycles. The van der Waals surface area contributed by atoms with Gasteiger partial charge in [0, 0.05) is 12.0 Å². The van der Waals surface area contributed by atoms with Crippen molar-refractivity contribution in [3.8, 4) is 17.1 Å². The Hall–Kier alpha value is -3.01. The highest BCUT2D eigenvalue weighted by molar-refractivity contribution is 5.96. The van der Waals surface area contributed by atoms with E-state index in [1.165, 1.54) is 0 Å². The first kappa shape index (κ1) is 16.8. The molecule has 0 aliphatic rings. The minimum absolute atomic E-state index is 0.325. The summed E-state index contributed by atoms with van der Waals surface area (Å²) in [5.41, 5.74) is 2.38. The molecule has 0 saturated heterocycles. The molecule has 4 nitrogen and oxygen atoms in total. The molecule has 3 rings (SSSR count). The van der Waals surface area contributed by atoms with E-state index < -0.39 is 0 Å². The van der Waals surface area contributed by atoms with Gasteiger partial charge in [0.2, 0.25) is 0 Å². The Kier molecular flexibility index (Phi) is 5.19. The third-order valence-electron chi connectivity index (χ3n) is 3.85. The van der Waals surface area contributed by atoms with Crippen LogP contribution in [0.3, 0.4) is 0 Å². The van der Waals surface area contributed by atoms with Gasteiger partial charge in [0.25, 0.3) is 0 Å². The topological polar surface area (TPSA) is 48.7 Å². The first-order valence-electron chi connectivity index (χ1n) is 8.19. The van der Waals surface area contributed by atoms with Crippen LogP contribution in [-0.2, 0) is 11.2 Å². The Morgan fingerprint density at radius 1 is 1.04 bits per heavy atom. The first-order valence-corrected chi connectivity index (χ1v) is 8.19. The van der Waals surface area contributed by atoms with E-state index in [0.29, 0.717) is 30.1 Å². The zero-order valence-corrected chi connectivity index (χ0v) is 14.3. The van der Waals surface area contributed by atoms with Crippen molar-refractivity contribution < 1.29 is 18.7 Å². The summed E-state index contributed by atoms with van der Waals surface area (Å²) in [7, 11) is 1.64. The minimum Gasteiger partial charge on any atom is -0.497 e. The Balaban J connectivity index is 1.93. The van der Waals surface area contributed by atoms with Crippen molar-refractivity contribution in [1.82, 2.24) is 0 Å². The van der Waals surface area contributed by atoms with Crippen LogP contribution in [0.5, 0.6) is 5.75 Å². The maximum Gasteiger partial charge on any atom is 0.342 e. The average Bonchev–Trinajstić information content (AvgIpc) is 3.07. The highest BCUT2D eigenvalue weighted by Crippen LogP contribution is 2.29. The van der Waals surface area contributed by atoms with Crippen LogP contribution in [0, 0.1) is 0 Å². The highest BCUT2D eigenvalue weighted by Gasteiger charge is 2.20. The van der Waals surface area contributed by atoms with E-state index in [2.05, 4.69) is 0 Å². The van der Waals surface area contributed by atoms with E-state index in [4.69, 9.17) is 13.9 Å². The van der Waals surface area contributed by atoms with E-state index in [1.807, 2.05) is 54.6 Å². The molecule has 0 spiro atoms. The fourth-order valence-corrected chi connectivity index (χ4v) is 2.64. The molecule has 0 unspecified atom stereocenters. The molecule has 0 bridgehead atoms. The van der Waals surface area contributed by atoms with Crippen LogP contribution >= 0.6 is 0 Å². The fraction of sp³-hybridized carbons (Fsp3) is 0.190. The third-order valence-corrected chi connectivity index (χ3v) is 3.85. The summed E-state index contributed by atoms with van der Waals surface area (Å²) in [4.78, 5) is 12.3. The van der Waals surface area contributed by atoms with Gasteiger partial charge in [0.15, 0.2) is 0 Å². The lowest BCUT2D eigenvalue weighted by atomic mass is 10.1. The second-order valence-electron chi connectivity index (χ2n) is 5.57. The number of hydrogen-bond donors (Lipinski definition) is 0. The van der Waals surface area contributed by atoms with Gasteiger partial charge in [0.05, 0.1) is 13.7 Å². The SMILES string of the molecule is CCOC(=O)c1cc(Cc2ccc(OC)cc2)oc1-c1ccccc1. The molecule has 0 amide bonds. The van der Waals surface area contributed by atoms with Crippen LogP contribution < -0.4 is 4.74 Å². The molecule has 25 heavy (non-hydrogen) atoms. The number of carbonyl (C=O) groups is 1. The Labute approximate surface area is 147 Å². The largest absolute Gasteiger partial charge is 0.497 e. The van der Waals surface area contributed by atoms with Gasteiger partial charge in [-0.3, -0.25) is 0 Å². The zero-order valence-electron chi connectivity index (χ0n) is 14.3. The van der Waals surface area contributed by atoms with E-state index >= 15 is 0 Å². The average molecular weight is 336 g/mol. The molecule has 1 heterocycles. The number of methoxy groups -OCH3 is 1. The van der Waals surface area contributed by atoms with Gasteiger partial charge in [-0.2, -0.15) is 0 Å². The van der Waals surface area contributed by atoms with Gasteiger partial charge in [-0.15, -0.1) is 0 Å². The monoisotopic (exact) mass is 336 g/mol. The van der Waals surface area contributed by atoms with E-state index in [-0.39, 0.29) is 5.97 Å². The molecular weight excluding hydrogens is 316 g/mol. The number of hydrogen-bond acceptors (Lipinski definition) is 4. The van der Waals surface area contributed by atoms with Crippen molar-refractivity contribution in [2.75, 3.05) is 13.7 Å². The molecule has 0 fully saturated rings. The predicted octanol–water partition coefficient (Wildman–Crippen LogP) is 4.72. The lowest BCUT2D eigenvalue weighted by Crippen LogP contribution is -2.04. The van der Waals surface area contributed by atoms with Crippen molar-refractivity contribution in [2.24, 2.45) is 0 Å². The maximum atomic E-state index is 12.3. The summed E-state index contributed by atoms with van der Waals surface area (Å²) < 4.78 is 16.3. The molecule has 0 saturated carbocycles. The van der Waals surface area contributed by atoms with Crippen molar-refractivity contribution in [3.63, 3.8) is 0 Å². The summed E-state index contributed by atoms with van der Waals surface area (Å²) >= 11 is 0. The quantitative estimate of drug-likeness (QED) is 0.611. The Morgan fingerprint density at radius 2 is 1.76 bits per heavy atom. The normalized spacial score (nSPS) is 10.5. The smallest absolute Gasteiger partial charge is 0.342 e. The van der Waals surface area contributed by atoms with Crippen molar-refractivity contribution in [2.45, 2.75) is 13.3 Å². The number of rotatable bonds is 6. The standard InChI is InChI=1S/C21H20O4/c1-3-24-21(22)19-14-18(13-15-9-11-17(23-2)12-10-15)25-20(19)16-7-5-4-6-8-16/h4-12,14H,3,13H2,1-2H3. The lowest BCUT2D eigenvalue weighted by molar-refractivity contribution is 0.0526. The zero-order chi connectivity index (χ0) is 17.6. The number of esters is 1. The van der Waals surface area contributed by atoms with Crippen LogP contribution in [0.2, 0.25) is 0 Å². The highest BCUT2D eigenvalue weighted by atomic mass is 16.5. The predicted molar refractivity (Wildman–Crippen MR) is 95.9 cm³/mol. The summed E-state index contributed by atoms with van der Waals surface area (Å²) in [6, 6.07) is 19.1. The number of carbonyl (C=O) groups excluding carboxylic acids is 1. The van der Waals surface area contributed by atoms with Crippen LogP contribution in [0.1, 0.15) is 28.6 Å². The Morgan fingerprint density at radius 3 is 2.40 bits per heavy atom. The third kappa shape index (κ3) is 3.91. The van der Waals surface area contributed by atoms with Gasteiger partial charge in [-0.1, -0.05) is 42.5 Å². The molecular formula is C21H20O4. The summed E-state index contributed by atoms with van der Waals surface area (Å²) in [6.07, 6.45) is 0.587. The van der Waals surface area contributed by atoms with Crippen LogP contribution in [0.4, 0.5) is 0 Å². The first-order chi connectivity index (χ1) is 12.2. The minimum atomic E-state index is -0.369. The molecule has 0 aliphatic heterocycles. The summed E-state index contributed by atoms with van der Waals surface area (Å²) in [6.45, 7) is 2.12. The van der Waals surface area contributed by atoms with Crippen molar-refractivity contribution in [1.29, 1.82) is 0 Å². The molecule has 128 valence electrons. The molecule has 3 aromatic rings. The van der Waals surface area contributed by atoms with Gasteiger partial charge in [0.1, 0.15) is 22.8 Å². The lowest BCUT2D eigenvalue weighted by Gasteiger charge is -2.02. The maximum absolute atomic E-state index is 12.3. The number of benzene rings is 2. The van der Waals surface area contributed by atoms with Crippen molar-refractivity contribution >= 4 is 5.97 Å². The van der Waals surface area contributed by atoms with Gasteiger partial charge < -0.3 is 13.9 Å². The fourth-order valence-electron chi connectivity index (χ4n) is 2.64. The second kappa shape index (κ2) is 7.71. The van der Waals surface area contributed by atoms with Gasteiger partial charge in [-0.05, 0) is 30.7 Å². The van der Waals surface area contributed by atoms with E-state index in [0.717, 1.165) is 16.9 Å². The van der Waals surface area contributed by atoms with Gasteiger partial charge >= 0.3 is 5.97 Å². The molecule has 4 heteroatoms. The van der Waals surface area contributed by atoms with Gasteiger partial charge in [-0.25, -0.2) is 4.79 Å². The molecule has 0 N–H and O–H groups in total.